The maximum absolute atomic E-state index is 16.3. The molecule has 0 spiro atoms. The molecule has 2 saturated heterocycles. The molecule has 0 radical (unpaired) electrons. The molecule has 0 aliphatic carbocycles. The lowest BCUT2D eigenvalue weighted by Crippen LogP contribution is -2.44. The van der Waals surface area contributed by atoms with Gasteiger partial charge in [0.1, 0.15) is 17.7 Å². The highest BCUT2D eigenvalue weighted by Gasteiger charge is 2.23. The summed E-state index contributed by atoms with van der Waals surface area (Å²) in [5.74, 6) is -0.382. The van der Waals surface area contributed by atoms with Crippen molar-refractivity contribution in [3.05, 3.63) is 59.3 Å². The fourth-order valence-electron chi connectivity index (χ4n) is 4.87. The Labute approximate surface area is 238 Å². The highest BCUT2D eigenvalue weighted by molar-refractivity contribution is 6.32. The first-order valence-corrected chi connectivity index (χ1v) is 13.8. The lowest BCUT2D eigenvalue weighted by molar-refractivity contribution is 0.0383. The lowest BCUT2D eigenvalue weighted by atomic mass is 10.0. The van der Waals surface area contributed by atoms with Crippen LogP contribution in [0.4, 0.5) is 27.3 Å². The van der Waals surface area contributed by atoms with E-state index in [2.05, 4.69) is 42.3 Å². The van der Waals surface area contributed by atoms with E-state index in [0.717, 1.165) is 59.0 Å². The van der Waals surface area contributed by atoms with Gasteiger partial charge < -0.3 is 30.9 Å². The zero-order valence-electron chi connectivity index (χ0n) is 22.5. The first kappa shape index (κ1) is 28.0. The van der Waals surface area contributed by atoms with Crippen molar-refractivity contribution in [2.24, 2.45) is 0 Å². The van der Waals surface area contributed by atoms with Gasteiger partial charge in [0, 0.05) is 63.5 Å². The Morgan fingerprint density at radius 3 is 2.50 bits per heavy atom. The smallest absolute Gasteiger partial charge is 0.251 e. The number of benzene rings is 2. The molecular weight excluding hydrogens is 535 g/mol. The number of nitrogens with zero attached hydrogens (tertiary/aromatic N) is 5. The van der Waals surface area contributed by atoms with Crippen molar-refractivity contribution in [2.75, 3.05) is 88.6 Å². The second kappa shape index (κ2) is 12.8. The largest absolute Gasteiger partial charge is 0.393 e. The van der Waals surface area contributed by atoms with E-state index >= 15 is 4.39 Å². The molecule has 40 heavy (non-hydrogen) atoms. The first-order valence-electron chi connectivity index (χ1n) is 13.4. The number of rotatable bonds is 8. The fraction of sp³-hybridized carbons (Fsp3) is 0.393. The monoisotopic (exact) mass is 568 g/mol. The molecule has 3 heterocycles. The second-order valence-corrected chi connectivity index (χ2v) is 10.3. The van der Waals surface area contributed by atoms with E-state index in [1.54, 1.807) is 30.3 Å². The van der Waals surface area contributed by atoms with Crippen molar-refractivity contribution in [3.8, 4) is 11.1 Å². The number of anilines is 4. The number of aromatic nitrogens is 2. The van der Waals surface area contributed by atoms with Gasteiger partial charge in [-0.2, -0.15) is 0 Å². The van der Waals surface area contributed by atoms with Crippen LogP contribution >= 0.6 is 11.6 Å². The summed E-state index contributed by atoms with van der Waals surface area (Å²) in [6.07, 6.45) is 1.28. The average molecular weight is 569 g/mol. The van der Waals surface area contributed by atoms with Crippen molar-refractivity contribution < 1.29 is 13.9 Å². The number of hydrogen-bond donors (Lipinski definition) is 3. The number of halogens is 2. The van der Waals surface area contributed by atoms with E-state index < -0.39 is 5.82 Å². The van der Waals surface area contributed by atoms with Gasteiger partial charge in [-0.1, -0.05) is 23.7 Å². The van der Waals surface area contributed by atoms with Crippen LogP contribution in [-0.4, -0.2) is 98.3 Å². The fourth-order valence-corrected chi connectivity index (χ4v) is 5.00. The number of likely N-dealkylation sites (N-methyl/N-ethyl adjacent to an activating group) is 1. The van der Waals surface area contributed by atoms with Crippen LogP contribution in [0.3, 0.4) is 0 Å². The first-order chi connectivity index (χ1) is 19.4. The molecule has 0 bridgehead atoms. The molecule has 1 amide bonds. The number of carbonyl (C=O) groups is 1. The summed E-state index contributed by atoms with van der Waals surface area (Å²) in [6, 6.07) is 10.6. The van der Waals surface area contributed by atoms with Crippen LogP contribution in [0.25, 0.3) is 11.1 Å². The van der Waals surface area contributed by atoms with Crippen LogP contribution in [0.1, 0.15) is 10.4 Å². The van der Waals surface area contributed by atoms with Crippen LogP contribution < -0.4 is 21.3 Å². The van der Waals surface area contributed by atoms with E-state index in [4.69, 9.17) is 22.1 Å². The number of piperazine rings is 1. The van der Waals surface area contributed by atoms with Gasteiger partial charge >= 0.3 is 0 Å². The molecule has 5 rings (SSSR count). The van der Waals surface area contributed by atoms with Crippen molar-refractivity contribution in [1.82, 2.24) is 25.1 Å². The predicted molar refractivity (Wildman–Crippen MR) is 156 cm³/mol. The maximum atomic E-state index is 16.3. The number of nitrogens with two attached hydrogens (primary N) is 1. The summed E-state index contributed by atoms with van der Waals surface area (Å²) in [5, 5.41) is 6.13. The SMILES string of the molecule is CN1CCN(c2ccc(-c3ccc(C(=O)NCCN4CCOCC4)cc3)c(F)c2Nc2ncnc(Cl)c2N)CC1. The summed E-state index contributed by atoms with van der Waals surface area (Å²) >= 11 is 6.10. The third-order valence-electron chi connectivity index (χ3n) is 7.32. The number of morpholine rings is 1. The molecule has 2 aliphatic heterocycles. The van der Waals surface area contributed by atoms with Crippen molar-refractivity contribution in [1.29, 1.82) is 0 Å². The Morgan fingerprint density at radius 1 is 1.05 bits per heavy atom. The Kier molecular flexibility index (Phi) is 8.95. The third-order valence-corrected chi connectivity index (χ3v) is 7.62. The van der Waals surface area contributed by atoms with Crippen molar-refractivity contribution >= 4 is 40.4 Å². The predicted octanol–water partition coefficient (Wildman–Crippen LogP) is 3.08. The number of amides is 1. The summed E-state index contributed by atoms with van der Waals surface area (Å²) in [6.45, 7) is 7.73. The van der Waals surface area contributed by atoms with E-state index in [-0.39, 0.29) is 28.3 Å². The topological polar surface area (TPSA) is 112 Å². The molecular formula is C28H34ClFN8O2. The van der Waals surface area contributed by atoms with Gasteiger partial charge in [0.05, 0.1) is 18.9 Å². The molecule has 2 fully saturated rings. The van der Waals surface area contributed by atoms with Crippen LogP contribution in [0.5, 0.6) is 0 Å². The van der Waals surface area contributed by atoms with Gasteiger partial charge in [-0.3, -0.25) is 9.69 Å². The van der Waals surface area contributed by atoms with E-state index in [1.165, 1.54) is 6.33 Å². The summed E-state index contributed by atoms with van der Waals surface area (Å²) in [4.78, 5) is 27.4. The minimum absolute atomic E-state index is 0.0917. The summed E-state index contributed by atoms with van der Waals surface area (Å²) in [5.41, 5.74) is 8.74. The maximum Gasteiger partial charge on any atom is 0.251 e. The zero-order chi connectivity index (χ0) is 28.1. The van der Waals surface area contributed by atoms with Gasteiger partial charge in [-0.05, 0) is 36.9 Å². The average Bonchev–Trinajstić information content (AvgIpc) is 2.97. The molecule has 0 unspecified atom stereocenters. The Bertz CT molecular complexity index is 1330. The Morgan fingerprint density at radius 2 is 1.77 bits per heavy atom. The molecule has 12 heteroatoms. The Hall–Kier alpha value is -3.51. The molecule has 2 aliphatic rings. The Balaban J connectivity index is 1.37. The molecule has 3 aromatic rings. The van der Waals surface area contributed by atoms with E-state index in [0.29, 0.717) is 28.9 Å². The van der Waals surface area contributed by atoms with E-state index in [1.807, 2.05) is 6.07 Å². The molecule has 0 saturated carbocycles. The highest BCUT2D eigenvalue weighted by Crippen LogP contribution is 2.39. The van der Waals surface area contributed by atoms with Crippen molar-refractivity contribution in [3.63, 3.8) is 0 Å². The van der Waals surface area contributed by atoms with E-state index in [9.17, 15) is 4.79 Å². The van der Waals surface area contributed by atoms with Gasteiger partial charge in [-0.25, -0.2) is 14.4 Å². The van der Waals surface area contributed by atoms with Crippen LogP contribution in [0.15, 0.2) is 42.7 Å². The normalized spacial score (nSPS) is 16.6. The lowest BCUT2D eigenvalue weighted by Gasteiger charge is -2.35. The zero-order valence-corrected chi connectivity index (χ0v) is 23.3. The molecule has 0 atom stereocenters. The number of hydrogen-bond acceptors (Lipinski definition) is 9. The van der Waals surface area contributed by atoms with Crippen molar-refractivity contribution in [2.45, 2.75) is 0 Å². The number of carbonyl (C=O) groups excluding carboxylic acids is 1. The van der Waals surface area contributed by atoms with Gasteiger partial charge in [0.15, 0.2) is 16.8 Å². The summed E-state index contributed by atoms with van der Waals surface area (Å²) < 4.78 is 21.6. The number of nitrogens with one attached hydrogen (secondary N) is 2. The van der Waals surface area contributed by atoms with Gasteiger partial charge in [0.25, 0.3) is 5.91 Å². The van der Waals surface area contributed by atoms with Crippen LogP contribution in [0, 0.1) is 5.82 Å². The number of nitrogen functional groups attached to an aromatic ring is 1. The molecule has 2 aromatic carbocycles. The third kappa shape index (κ3) is 6.44. The van der Waals surface area contributed by atoms with Crippen LogP contribution in [-0.2, 0) is 4.74 Å². The minimum Gasteiger partial charge on any atom is -0.393 e. The quantitative estimate of drug-likeness (QED) is 0.353. The molecule has 1 aromatic heterocycles. The standard InChI is InChI=1S/C28H34ClFN8O2/c1-36-10-12-38(13-11-36)22-7-6-21(23(30)25(22)35-27-24(31)26(29)33-18-34-27)19-2-4-20(5-3-19)28(39)32-8-9-37-14-16-40-17-15-37/h2-7,18H,8-17,31H2,1H3,(H,32,39)(H,33,34,35). The summed E-state index contributed by atoms with van der Waals surface area (Å²) in [7, 11) is 2.07. The highest BCUT2D eigenvalue weighted by atomic mass is 35.5. The minimum atomic E-state index is -0.451. The molecule has 10 nitrogen and oxygen atoms in total. The van der Waals surface area contributed by atoms with Gasteiger partial charge in [0.2, 0.25) is 0 Å². The molecule has 4 N–H and O–H groups in total. The number of ether oxygens (including phenoxy) is 1. The van der Waals surface area contributed by atoms with Crippen LogP contribution in [0.2, 0.25) is 5.15 Å². The molecule has 212 valence electrons. The second-order valence-electron chi connectivity index (χ2n) is 9.95. The van der Waals surface area contributed by atoms with Gasteiger partial charge in [-0.15, -0.1) is 0 Å².